The van der Waals surface area contributed by atoms with Gasteiger partial charge in [-0.3, -0.25) is 0 Å². The first-order chi connectivity index (χ1) is 16.6. The molecule has 11 heteroatoms. The fraction of sp³-hybridized carbons (Fsp3) is 0.583. The maximum absolute atomic E-state index is 12.5. The van der Waals surface area contributed by atoms with Gasteiger partial charge in [-0.25, -0.2) is 9.78 Å². The lowest BCUT2D eigenvalue weighted by Crippen LogP contribution is -2.27. The summed E-state index contributed by atoms with van der Waals surface area (Å²) in [5.41, 5.74) is 0.269. The number of aliphatic hydroxyl groups is 1. The van der Waals surface area contributed by atoms with Crippen molar-refractivity contribution in [2.45, 2.75) is 57.8 Å². The zero-order chi connectivity index (χ0) is 25.2. The van der Waals surface area contributed by atoms with Crippen molar-refractivity contribution in [3.05, 3.63) is 40.3 Å². The number of fused-ring (bicyclic) bond motifs is 1. The number of aromatic nitrogens is 1. The van der Waals surface area contributed by atoms with Crippen molar-refractivity contribution >= 4 is 17.3 Å². The predicted octanol–water partition coefficient (Wildman–Crippen LogP) is 5.15. The molecule has 2 heterocycles. The molecule has 1 aliphatic heterocycles. The van der Waals surface area contributed by atoms with Crippen molar-refractivity contribution in [3.63, 3.8) is 0 Å². The van der Waals surface area contributed by atoms with Crippen LogP contribution in [0.1, 0.15) is 54.7 Å². The Labute approximate surface area is 205 Å². The van der Waals surface area contributed by atoms with Crippen LogP contribution >= 0.6 is 11.3 Å². The average molecular weight is 516 g/mol. The summed E-state index contributed by atoms with van der Waals surface area (Å²) in [6.07, 6.45) is -3.84. The maximum Gasteiger partial charge on any atom is 0.573 e. The zero-order valence-electron chi connectivity index (χ0n) is 19.4. The number of carbonyl (C=O) groups excluding carboxylic acids is 1. The highest BCUT2D eigenvalue weighted by Gasteiger charge is 2.45. The second-order valence-corrected chi connectivity index (χ2v) is 10.0. The van der Waals surface area contributed by atoms with Gasteiger partial charge in [0.1, 0.15) is 22.6 Å². The minimum atomic E-state index is -4.78. The number of carbonyl (C=O) groups is 1. The van der Waals surface area contributed by atoms with Crippen LogP contribution in [0.4, 0.5) is 13.2 Å². The number of hydrogen-bond acceptors (Lipinski definition) is 8. The molecule has 1 N–H and O–H groups in total. The number of nitrogens with zero attached hydrogens (tertiary/aromatic N) is 1. The van der Waals surface area contributed by atoms with Crippen molar-refractivity contribution in [3.8, 4) is 11.5 Å². The molecule has 1 aromatic heterocycles. The van der Waals surface area contributed by atoms with Crippen molar-refractivity contribution in [2.75, 3.05) is 13.2 Å². The molecule has 4 rings (SSSR count). The summed E-state index contributed by atoms with van der Waals surface area (Å²) >= 11 is 1.36. The van der Waals surface area contributed by atoms with Gasteiger partial charge in [0.25, 0.3) is 0 Å². The fourth-order valence-electron chi connectivity index (χ4n) is 4.79. The summed E-state index contributed by atoms with van der Waals surface area (Å²) in [5, 5.41) is 13.0. The quantitative estimate of drug-likeness (QED) is 0.511. The van der Waals surface area contributed by atoms with Gasteiger partial charge in [-0.1, -0.05) is 6.07 Å². The molecule has 2 fully saturated rings. The summed E-state index contributed by atoms with van der Waals surface area (Å²) < 4.78 is 58.5. The first-order valence-electron chi connectivity index (χ1n) is 11.5. The minimum absolute atomic E-state index is 0.133. The third-order valence-electron chi connectivity index (χ3n) is 6.30. The summed E-state index contributed by atoms with van der Waals surface area (Å²) in [5.74, 6) is -0.483. The van der Waals surface area contributed by atoms with Crippen LogP contribution in [0.25, 0.3) is 0 Å². The second kappa shape index (κ2) is 10.7. The third-order valence-corrected chi connectivity index (χ3v) is 7.24. The summed E-state index contributed by atoms with van der Waals surface area (Å²) in [6, 6.07) is 5.37. The van der Waals surface area contributed by atoms with E-state index in [9.17, 15) is 23.1 Å². The van der Waals surface area contributed by atoms with Crippen molar-refractivity contribution < 1.29 is 42.0 Å². The first-order valence-corrected chi connectivity index (χ1v) is 12.4. The Hall–Kier alpha value is -2.37. The molecule has 0 bridgehead atoms. The summed E-state index contributed by atoms with van der Waals surface area (Å²) in [6.45, 7) is 4.17. The van der Waals surface area contributed by atoms with Crippen LogP contribution in [-0.2, 0) is 9.47 Å². The molecule has 1 aliphatic carbocycles. The molecular formula is C24H28F3NO6S. The molecular weight excluding hydrogens is 487 g/mol. The van der Waals surface area contributed by atoms with E-state index in [1.165, 1.54) is 29.5 Å². The Morgan fingerprint density at radius 2 is 2.06 bits per heavy atom. The Bertz CT molecular complexity index is 1010. The first kappa shape index (κ1) is 25.7. The molecule has 0 spiro atoms. The van der Waals surface area contributed by atoms with E-state index >= 15 is 0 Å². The van der Waals surface area contributed by atoms with Crippen LogP contribution in [-0.4, -0.2) is 47.8 Å². The number of alkyl halides is 3. The largest absolute Gasteiger partial charge is 0.573 e. The number of thiazole rings is 1. The Morgan fingerprint density at radius 1 is 1.29 bits per heavy atom. The number of ether oxygens (including phenoxy) is 4. The molecule has 1 aromatic carbocycles. The zero-order valence-corrected chi connectivity index (χ0v) is 20.2. The number of halogens is 3. The normalized spacial score (nSPS) is 26.8. The van der Waals surface area contributed by atoms with E-state index in [-0.39, 0.29) is 53.8 Å². The second-order valence-electron chi connectivity index (χ2n) is 9.15. The van der Waals surface area contributed by atoms with Gasteiger partial charge in [-0.15, -0.1) is 24.5 Å². The van der Waals surface area contributed by atoms with E-state index in [1.54, 1.807) is 25.3 Å². The van der Waals surface area contributed by atoms with Gasteiger partial charge in [0.15, 0.2) is 5.69 Å². The lowest BCUT2D eigenvalue weighted by atomic mass is 9.86. The molecule has 1 saturated heterocycles. The molecule has 5 atom stereocenters. The topological polar surface area (TPSA) is 87.1 Å². The van der Waals surface area contributed by atoms with Crippen LogP contribution in [0.2, 0.25) is 0 Å². The molecule has 0 amide bonds. The van der Waals surface area contributed by atoms with Gasteiger partial charge < -0.3 is 24.1 Å². The Kier molecular flexibility index (Phi) is 7.87. The highest BCUT2D eigenvalue weighted by molar-refractivity contribution is 7.09. The minimum Gasteiger partial charge on any atom is -0.493 e. The van der Waals surface area contributed by atoms with Gasteiger partial charge >= 0.3 is 12.3 Å². The third kappa shape index (κ3) is 6.65. The van der Waals surface area contributed by atoms with Gasteiger partial charge in [-0.2, -0.15) is 0 Å². The molecule has 0 unspecified atom stereocenters. The van der Waals surface area contributed by atoms with Crippen LogP contribution < -0.4 is 9.47 Å². The Morgan fingerprint density at radius 3 is 2.80 bits per heavy atom. The van der Waals surface area contributed by atoms with E-state index in [1.807, 2.05) is 0 Å². The number of benzene rings is 1. The predicted molar refractivity (Wildman–Crippen MR) is 120 cm³/mol. The summed E-state index contributed by atoms with van der Waals surface area (Å²) in [4.78, 5) is 16.5. The highest BCUT2D eigenvalue weighted by Crippen LogP contribution is 2.45. The number of hydrogen-bond donors (Lipinski definition) is 1. The monoisotopic (exact) mass is 515 g/mol. The molecule has 7 nitrogen and oxygen atoms in total. The van der Waals surface area contributed by atoms with Crippen molar-refractivity contribution in [2.24, 2.45) is 17.8 Å². The fourth-order valence-corrected chi connectivity index (χ4v) is 5.66. The average Bonchev–Trinajstić information content (AvgIpc) is 3.30. The van der Waals surface area contributed by atoms with E-state index in [2.05, 4.69) is 9.72 Å². The van der Waals surface area contributed by atoms with Gasteiger partial charge in [-0.05, 0) is 57.1 Å². The highest BCUT2D eigenvalue weighted by atomic mass is 32.1. The molecule has 2 aromatic rings. The molecule has 2 aliphatic rings. The van der Waals surface area contributed by atoms with Crippen LogP contribution in [0, 0.1) is 17.8 Å². The molecule has 1 saturated carbocycles. The lowest BCUT2D eigenvalue weighted by Gasteiger charge is -2.24. The SMILES string of the molecule is CC(C)OC(=O)c1csc([C@H]2CC[C@H]3[C@@H](CO2)C[C@@H](O)[C@@H]3COc2cccc(OC(F)(F)F)c2)n1. The molecule has 0 radical (unpaired) electrons. The van der Waals surface area contributed by atoms with Gasteiger partial charge in [0.2, 0.25) is 0 Å². The van der Waals surface area contributed by atoms with Crippen LogP contribution in [0.3, 0.4) is 0 Å². The lowest BCUT2D eigenvalue weighted by molar-refractivity contribution is -0.274. The summed E-state index contributed by atoms with van der Waals surface area (Å²) in [7, 11) is 0. The molecule has 35 heavy (non-hydrogen) atoms. The van der Waals surface area contributed by atoms with E-state index in [0.29, 0.717) is 19.4 Å². The van der Waals surface area contributed by atoms with Crippen molar-refractivity contribution in [1.82, 2.24) is 4.98 Å². The number of aliphatic hydroxyl groups excluding tert-OH is 1. The van der Waals surface area contributed by atoms with Gasteiger partial charge in [0.05, 0.1) is 25.4 Å². The van der Waals surface area contributed by atoms with E-state index < -0.39 is 18.4 Å². The van der Waals surface area contributed by atoms with E-state index in [0.717, 1.165) is 11.4 Å². The van der Waals surface area contributed by atoms with Gasteiger partial charge in [0, 0.05) is 17.4 Å². The maximum atomic E-state index is 12.5. The van der Waals surface area contributed by atoms with Crippen LogP contribution in [0.15, 0.2) is 29.6 Å². The van der Waals surface area contributed by atoms with Crippen LogP contribution in [0.5, 0.6) is 11.5 Å². The van der Waals surface area contributed by atoms with Crippen molar-refractivity contribution in [1.29, 1.82) is 0 Å². The smallest absolute Gasteiger partial charge is 0.493 e. The van der Waals surface area contributed by atoms with E-state index in [4.69, 9.17) is 14.2 Å². The number of rotatable bonds is 7. The Balaban J connectivity index is 1.36. The molecule has 192 valence electrons. The standard InChI is InChI=1S/C24H28F3NO6S/c1-13(2)33-23(30)19-12-35-22(28-19)21-7-6-17-14(10-32-21)8-20(29)18(17)11-31-15-4-3-5-16(9-15)34-24(25,26)27/h3-5,9,12-14,17-18,20-21,29H,6-8,10-11H2,1-2H3/t14-,17+,18-,20-,21-/m1/s1. The number of esters is 1.